The van der Waals surface area contributed by atoms with Gasteiger partial charge in [0.15, 0.2) is 0 Å². The first-order chi connectivity index (χ1) is 15.3. The predicted molar refractivity (Wildman–Crippen MR) is 120 cm³/mol. The third-order valence-corrected chi connectivity index (χ3v) is 6.23. The third-order valence-electron chi connectivity index (χ3n) is 5.90. The first-order valence-electron chi connectivity index (χ1n) is 10.6. The van der Waals surface area contributed by atoms with E-state index in [2.05, 4.69) is 5.10 Å². The number of aromatic nitrogens is 2. The van der Waals surface area contributed by atoms with Crippen molar-refractivity contribution in [3.63, 3.8) is 0 Å². The zero-order chi connectivity index (χ0) is 23.3. The highest BCUT2D eigenvalue weighted by Crippen LogP contribution is 2.43. The molecule has 9 heteroatoms. The van der Waals surface area contributed by atoms with Gasteiger partial charge in [0.2, 0.25) is 17.7 Å². The standard InChI is InChI=1S/C23H29ClN4O4/c1-26(11-9-17-15-25-27(2)16-17)20(29)13-23(18-7-4-5-8-19(18)24)14-21(30)28(22(23)31)10-6-12-32-3/h4-5,7-8,15-16H,6,9-14H2,1-3H3. The highest BCUT2D eigenvalue weighted by molar-refractivity contribution is 6.32. The van der Waals surface area contributed by atoms with E-state index < -0.39 is 5.41 Å². The Balaban J connectivity index is 1.82. The number of hydrogen-bond acceptors (Lipinski definition) is 5. The molecule has 1 aliphatic rings. The van der Waals surface area contributed by atoms with Gasteiger partial charge in [0.1, 0.15) is 0 Å². The molecule has 8 nitrogen and oxygen atoms in total. The Kier molecular flexibility index (Phi) is 7.69. The largest absolute Gasteiger partial charge is 0.385 e. The maximum atomic E-state index is 13.5. The Hall–Kier alpha value is -2.71. The van der Waals surface area contributed by atoms with Gasteiger partial charge in [0.05, 0.1) is 11.6 Å². The van der Waals surface area contributed by atoms with Gasteiger partial charge in [-0.3, -0.25) is 24.0 Å². The van der Waals surface area contributed by atoms with Crippen LogP contribution in [0.4, 0.5) is 0 Å². The number of aryl methyl sites for hydroxylation is 1. The minimum atomic E-state index is -1.30. The summed E-state index contributed by atoms with van der Waals surface area (Å²) >= 11 is 6.45. The van der Waals surface area contributed by atoms with Crippen molar-refractivity contribution >= 4 is 29.3 Å². The second-order valence-electron chi connectivity index (χ2n) is 8.20. The second kappa shape index (κ2) is 10.3. The Labute approximate surface area is 193 Å². The molecule has 1 fully saturated rings. The third kappa shape index (κ3) is 5.02. The van der Waals surface area contributed by atoms with Gasteiger partial charge in [-0.2, -0.15) is 5.10 Å². The van der Waals surface area contributed by atoms with Gasteiger partial charge in [0.25, 0.3) is 0 Å². The van der Waals surface area contributed by atoms with Gasteiger partial charge in [-0.25, -0.2) is 0 Å². The summed E-state index contributed by atoms with van der Waals surface area (Å²) in [7, 11) is 5.12. The molecule has 2 heterocycles. The van der Waals surface area contributed by atoms with Crippen LogP contribution in [0.1, 0.15) is 30.4 Å². The molecule has 0 radical (unpaired) electrons. The van der Waals surface area contributed by atoms with Crippen LogP contribution in [-0.2, 0) is 38.0 Å². The van der Waals surface area contributed by atoms with Crippen LogP contribution in [0.25, 0.3) is 0 Å². The quantitative estimate of drug-likeness (QED) is 0.401. The molecule has 0 aliphatic carbocycles. The summed E-state index contributed by atoms with van der Waals surface area (Å²) in [4.78, 5) is 42.4. The molecular weight excluding hydrogens is 432 g/mol. The SMILES string of the molecule is COCCCN1C(=O)CC(CC(=O)N(C)CCc2cnn(C)c2)(c2ccccc2Cl)C1=O. The van der Waals surface area contributed by atoms with Crippen LogP contribution in [0.2, 0.25) is 5.02 Å². The average molecular weight is 461 g/mol. The van der Waals surface area contributed by atoms with Crippen molar-refractivity contribution in [3.8, 4) is 0 Å². The summed E-state index contributed by atoms with van der Waals surface area (Å²) in [5.74, 6) is -0.883. The molecule has 1 unspecified atom stereocenters. The highest BCUT2D eigenvalue weighted by atomic mass is 35.5. The fourth-order valence-electron chi connectivity index (χ4n) is 4.10. The predicted octanol–water partition coefficient (Wildman–Crippen LogP) is 2.20. The highest BCUT2D eigenvalue weighted by Gasteiger charge is 2.54. The van der Waals surface area contributed by atoms with Crippen LogP contribution in [0.5, 0.6) is 0 Å². The minimum Gasteiger partial charge on any atom is -0.385 e. The number of amides is 3. The molecule has 0 bridgehead atoms. The Morgan fingerprint density at radius 3 is 2.72 bits per heavy atom. The zero-order valence-electron chi connectivity index (χ0n) is 18.7. The van der Waals surface area contributed by atoms with Gasteiger partial charge in [0, 0.05) is 65.0 Å². The number of likely N-dealkylation sites (tertiary alicyclic amines) is 1. The monoisotopic (exact) mass is 460 g/mol. The molecule has 3 rings (SSSR count). The number of imide groups is 1. The van der Waals surface area contributed by atoms with Crippen LogP contribution >= 0.6 is 11.6 Å². The van der Waals surface area contributed by atoms with E-state index in [1.165, 1.54) is 4.90 Å². The van der Waals surface area contributed by atoms with Crippen molar-refractivity contribution in [2.24, 2.45) is 7.05 Å². The van der Waals surface area contributed by atoms with E-state index in [0.29, 0.717) is 36.6 Å². The molecule has 1 aromatic carbocycles. The van der Waals surface area contributed by atoms with Crippen LogP contribution in [-0.4, -0.2) is 71.2 Å². The van der Waals surface area contributed by atoms with E-state index in [1.807, 2.05) is 13.2 Å². The molecule has 2 aromatic rings. The summed E-state index contributed by atoms with van der Waals surface area (Å²) in [6.07, 6.45) is 4.65. The van der Waals surface area contributed by atoms with Gasteiger partial charge >= 0.3 is 0 Å². The molecule has 3 amide bonds. The van der Waals surface area contributed by atoms with Crippen molar-refractivity contribution in [2.75, 3.05) is 33.9 Å². The summed E-state index contributed by atoms with van der Waals surface area (Å²) in [5, 5.41) is 4.52. The van der Waals surface area contributed by atoms with Crippen molar-refractivity contribution in [1.82, 2.24) is 19.6 Å². The van der Waals surface area contributed by atoms with Crippen LogP contribution in [0.15, 0.2) is 36.7 Å². The lowest BCUT2D eigenvalue weighted by Gasteiger charge is -2.30. The molecule has 172 valence electrons. The van der Waals surface area contributed by atoms with E-state index in [1.54, 1.807) is 54.2 Å². The number of likely N-dealkylation sites (N-methyl/N-ethyl adjacent to an activating group) is 1. The molecule has 32 heavy (non-hydrogen) atoms. The summed E-state index contributed by atoms with van der Waals surface area (Å²) in [5.41, 5.74) is 0.231. The number of carbonyl (C=O) groups excluding carboxylic acids is 3. The van der Waals surface area contributed by atoms with E-state index in [4.69, 9.17) is 16.3 Å². The Bertz CT molecular complexity index is 992. The molecule has 1 aliphatic heterocycles. The maximum absolute atomic E-state index is 13.5. The smallest absolute Gasteiger partial charge is 0.240 e. The van der Waals surface area contributed by atoms with Crippen LogP contribution < -0.4 is 0 Å². The van der Waals surface area contributed by atoms with Gasteiger partial charge < -0.3 is 9.64 Å². The zero-order valence-corrected chi connectivity index (χ0v) is 19.5. The lowest BCUT2D eigenvalue weighted by Crippen LogP contribution is -2.43. The number of benzene rings is 1. The van der Waals surface area contributed by atoms with Gasteiger partial charge in [-0.05, 0) is 30.0 Å². The molecule has 1 aromatic heterocycles. The van der Waals surface area contributed by atoms with E-state index in [9.17, 15) is 14.4 Å². The normalized spacial score (nSPS) is 18.4. The van der Waals surface area contributed by atoms with Crippen molar-refractivity contribution in [3.05, 3.63) is 52.8 Å². The number of rotatable bonds is 10. The fourth-order valence-corrected chi connectivity index (χ4v) is 4.42. The van der Waals surface area contributed by atoms with Crippen LogP contribution in [0.3, 0.4) is 0 Å². The molecule has 0 spiro atoms. The number of hydrogen-bond donors (Lipinski definition) is 0. The number of carbonyl (C=O) groups is 3. The van der Waals surface area contributed by atoms with Crippen molar-refractivity contribution in [2.45, 2.75) is 31.1 Å². The summed E-state index contributed by atoms with van der Waals surface area (Å²) in [6.45, 7) is 1.16. The summed E-state index contributed by atoms with van der Waals surface area (Å²) in [6, 6.07) is 6.94. The molecule has 0 N–H and O–H groups in total. The molecule has 1 atom stereocenters. The minimum absolute atomic E-state index is 0.0786. The number of methoxy groups -OCH3 is 1. The van der Waals surface area contributed by atoms with Crippen molar-refractivity contribution in [1.29, 1.82) is 0 Å². The number of ether oxygens (including phenoxy) is 1. The van der Waals surface area contributed by atoms with Crippen LogP contribution in [0, 0.1) is 0 Å². The number of halogens is 1. The number of nitrogens with zero attached hydrogens (tertiary/aromatic N) is 4. The Morgan fingerprint density at radius 1 is 1.31 bits per heavy atom. The molecule has 0 saturated carbocycles. The molecular formula is C23H29ClN4O4. The van der Waals surface area contributed by atoms with Crippen molar-refractivity contribution < 1.29 is 19.1 Å². The van der Waals surface area contributed by atoms with E-state index in [0.717, 1.165) is 5.56 Å². The Morgan fingerprint density at radius 2 is 2.06 bits per heavy atom. The van der Waals surface area contributed by atoms with Gasteiger partial charge in [-0.1, -0.05) is 29.8 Å². The van der Waals surface area contributed by atoms with Gasteiger partial charge in [-0.15, -0.1) is 0 Å². The lowest BCUT2D eigenvalue weighted by atomic mass is 9.75. The molecule has 1 saturated heterocycles. The van der Waals surface area contributed by atoms with E-state index in [-0.39, 0.29) is 37.1 Å². The summed E-state index contributed by atoms with van der Waals surface area (Å²) < 4.78 is 6.76. The van der Waals surface area contributed by atoms with E-state index >= 15 is 0 Å². The average Bonchev–Trinajstić information content (AvgIpc) is 3.28. The lowest BCUT2D eigenvalue weighted by molar-refractivity contribution is -0.142. The fraction of sp³-hybridized carbons (Fsp3) is 0.478. The topological polar surface area (TPSA) is 84.7 Å². The maximum Gasteiger partial charge on any atom is 0.240 e. The first-order valence-corrected chi connectivity index (χ1v) is 11.0. The second-order valence-corrected chi connectivity index (χ2v) is 8.61. The first kappa shape index (κ1) is 23.9.